The van der Waals surface area contributed by atoms with Gasteiger partial charge >= 0.3 is 5.69 Å². The number of benzene rings is 1. The Bertz CT molecular complexity index is 1030. The smallest absolute Gasteiger partial charge is 0.323 e. The molecule has 4 rings (SSSR count). The molecule has 1 amide bonds. The minimum Gasteiger partial charge on any atom is -0.490 e. The third kappa shape index (κ3) is 3.64. The highest BCUT2D eigenvalue weighted by atomic mass is 19.3. The average Bonchev–Trinajstić information content (AvgIpc) is 3.29. The van der Waals surface area contributed by atoms with Crippen molar-refractivity contribution in [2.75, 3.05) is 13.1 Å². The number of alkyl halides is 2. The summed E-state index contributed by atoms with van der Waals surface area (Å²) in [6.45, 7) is 0.673. The van der Waals surface area contributed by atoms with E-state index in [-0.39, 0.29) is 24.2 Å². The van der Waals surface area contributed by atoms with Gasteiger partial charge in [-0.1, -0.05) is 6.07 Å². The van der Waals surface area contributed by atoms with E-state index in [0.29, 0.717) is 37.2 Å². The molecule has 1 saturated heterocycles. The van der Waals surface area contributed by atoms with Gasteiger partial charge in [-0.3, -0.25) is 4.79 Å². The molecule has 0 atom stereocenters. The van der Waals surface area contributed by atoms with E-state index in [9.17, 15) is 18.4 Å². The number of nitrogens with zero attached hydrogens (tertiary/aromatic N) is 2. The first kappa shape index (κ1) is 18.3. The van der Waals surface area contributed by atoms with Crippen molar-refractivity contribution in [1.82, 2.24) is 19.4 Å². The number of piperidine rings is 1. The van der Waals surface area contributed by atoms with E-state index in [1.54, 1.807) is 29.3 Å². The Kier molecular flexibility index (Phi) is 4.89. The van der Waals surface area contributed by atoms with Gasteiger partial charge in [0.2, 0.25) is 0 Å². The predicted molar refractivity (Wildman–Crippen MR) is 98.9 cm³/mol. The lowest BCUT2D eigenvalue weighted by Gasteiger charge is -2.32. The molecule has 1 aliphatic rings. The van der Waals surface area contributed by atoms with Crippen LogP contribution in [-0.2, 0) is 6.54 Å². The van der Waals surface area contributed by atoms with Crippen molar-refractivity contribution in [3.05, 3.63) is 52.8 Å². The van der Waals surface area contributed by atoms with Gasteiger partial charge in [-0.05, 0) is 18.2 Å². The topological polar surface area (TPSA) is 83.1 Å². The lowest BCUT2D eigenvalue weighted by Crippen LogP contribution is -2.42. The minimum absolute atomic E-state index is 0.0710. The summed E-state index contributed by atoms with van der Waals surface area (Å²) in [5.41, 5.74) is 0.546. The maximum atomic E-state index is 12.7. The second-order valence-corrected chi connectivity index (χ2v) is 6.81. The molecule has 0 aliphatic carbocycles. The number of amides is 1. The van der Waals surface area contributed by atoms with Crippen molar-refractivity contribution in [2.45, 2.75) is 31.9 Å². The Balaban J connectivity index is 1.42. The minimum atomic E-state index is -2.42. The molecule has 1 fully saturated rings. The molecule has 2 N–H and O–H groups in total. The van der Waals surface area contributed by atoms with E-state index in [2.05, 4.69) is 9.97 Å². The fraction of sp³-hybridized carbons (Fsp3) is 0.368. The summed E-state index contributed by atoms with van der Waals surface area (Å²) in [5.74, 6) is 0.438. The Hall–Kier alpha value is -3.10. The summed E-state index contributed by atoms with van der Waals surface area (Å²) in [4.78, 5) is 30.1. The first-order chi connectivity index (χ1) is 13.5. The number of rotatable bonds is 5. The lowest BCUT2D eigenvalue weighted by molar-refractivity contribution is 0.0593. The monoisotopic (exact) mass is 390 g/mol. The second-order valence-electron chi connectivity index (χ2n) is 6.81. The Labute approximate surface area is 158 Å². The molecular formula is C19H20F2N4O3. The molecule has 148 valence electrons. The average molecular weight is 390 g/mol. The number of carbonyl (C=O) groups is 1. The van der Waals surface area contributed by atoms with Crippen LogP contribution in [-0.4, -0.2) is 51.0 Å². The number of hydrogen-bond donors (Lipinski definition) is 2. The summed E-state index contributed by atoms with van der Waals surface area (Å²) in [5, 5.41) is 0.798. The van der Waals surface area contributed by atoms with Gasteiger partial charge in [0.25, 0.3) is 12.3 Å². The zero-order valence-electron chi connectivity index (χ0n) is 15.0. The molecular weight excluding hydrogens is 370 g/mol. The fourth-order valence-corrected chi connectivity index (χ4v) is 3.58. The van der Waals surface area contributed by atoms with Crippen LogP contribution in [0, 0.1) is 0 Å². The quantitative estimate of drug-likeness (QED) is 0.703. The maximum absolute atomic E-state index is 12.7. The number of likely N-dealkylation sites (tertiary alicyclic amines) is 1. The fourth-order valence-electron chi connectivity index (χ4n) is 3.58. The number of H-pyrrole nitrogens is 2. The number of ether oxygens (including phenoxy) is 1. The third-order valence-electron chi connectivity index (χ3n) is 4.96. The zero-order valence-corrected chi connectivity index (χ0v) is 15.0. The van der Waals surface area contributed by atoms with Crippen LogP contribution in [0.1, 0.15) is 23.3 Å². The molecule has 1 aromatic carbocycles. The van der Waals surface area contributed by atoms with Crippen molar-refractivity contribution < 1.29 is 18.3 Å². The molecule has 0 bridgehead atoms. The molecule has 2 aromatic heterocycles. The highest BCUT2D eigenvalue weighted by molar-refractivity contribution is 5.92. The van der Waals surface area contributed by atoms with E-state index in [0.717, 1.165) is 5.39 Å². The van der Waals surface area contributed by atoms with Gasteiger partial charge < -0.3 is 24.2 Å². The van der Waals surface area contributed by atoms with Crippen LogP contribution in [0.5, 0.6) is 5.75 Å². The molecule has 3 aromatic rings. The first-order valence-corrected chi connectivity index (χ1v) is 9.11. The SMILES string of the molecule is O=C(c1c[nH]c(=O)[nH]1)N1CCC(Oc2cccc3c2ccn3CC(F)F)CC1. The number of fused-ring (bicyclic) bond motifs is 1. The maximum Gasteiger partial charge on any atom is 0.323 e. The number of hydrogen-bond acceptors (Lipinski definition) is 3. The third-order valence-corrected chi connectivity index (χ3v) is 4.96. The second kappa shape index (κ2) is 7.49. The first-order valence-electron chi connectivity index (χ1n) is 9.11. The summed E-state index contributed by atoms with van der Waals surface area (Å²) < 4.78 is 33.1. The van der Waals surface area contributed by atoms with Gasteiger partial charge in [-0.15, -0.1) is 0 Å². The molecule has 9 heteroatoms. The molecule has 0 unspecified atom stereocenters. The van der Waals surface area contributed by atoms with Crippen LogP contribution in [0.15, 0.2) is 41.5 Å². The normalized spacial score (nSPS) is 15.5. The standard InChI is InChI=1S/C19H20F2N4O3/c20-17(21)11-25-9-6-13-15(25)2-1-3-16(13)28-12-4-7-24(8-5-12)18(26)14-10-22-19(27)23-14/h1-3,6,9-10,12,17H,4-5,7-8,11H2,(H2,22,23,27). The Morgan fingerprint density at radius 1 is 1.25 bits per heavy atom. The number of imidazole rings is 1. The van der Waals surface area contributed by atoms with E-state index in [1.807, 2.05) is 6.07 Å². The van der Waals surface area contributed by atoms with Crippen LogP contribution in [0.25, 0.3) is 10.9 Å². The van der Waals surface area contributed by atoms with Gasteiger partial charge in [-0.2, -0.15) is 0 Å². The number of carbonyl (C=O) groups excluding carboxylic acids is 1. The molecule has 0 radical (unpaired) electrons. The summed E-state index contributed by atoms with van der Waals surface area (Å²) in [6.07, 6.45) is 1.82. The summed E-state index contributed by atoms with van der Waals surface area (Å²) in [7, 11) is 0. The largest absolute Gasteiger partial charge is 0.490 e. The Morgan fingerprint density at radius 3 is 2.71 bits per heavy atom. The number of aromatic nitrogens is 3. The molecule has 0 saturated carbocycles. The highest BCUT2D eigenvalue weighted by Gasteiger charge is 2.26. The molecule has 28 heavy (non-hydrogen) atoms. The van der Waals surface area contributed by atoms with Crippen molar-refractivity contribution >= 4 is 16.8 Å². The van der Waals surface area contributed by atoms with Gasteiger partial charge in [0.1, 0.15) is 17.5 Å². The van der Waals surface area contributed by atoms with Crippen molar-refractivity contribution in [3.63, 3.8) is 0 Å². The predicted octanol–water partition coefficient (Wildman–Crippen LogP) is 2.61. The summed E-state index contributed by atoms with van der Waals surface area (Å²) >= 11 is 0. The Morgan fingerprint density at radius 2 is 2.04 bits per heavy atom. The van der Waals surface area contributed by atoms with E-state index in [1.165, 1.54) is 10.8 Å². The highest BCUT2D eigenvalue weighted by Crippen LogP contribution is 2.29. The molecule has 3 heterocycles. The van der Waals surface area contributed by atoms with Crippen LogP contribution in [0.3, 0.4) is 0 Å². The van der Waals surface area contributed by atoms with Crippen molar-refractivity contribution in [2.24, 2.45) is 0 Å². The van der Waals surface area contributed by atoms with E-state index in [4.69, 9.17) is 4.74 Å². The van der Waals surface area contributed by atoms with Crippen LogP contribution in [0.4, 0.5) is 8.78 Å². The zero-order chi connectivity index (χ0) is 19.7. The lowest BCUT2D eigenvalue weighted by atomic mass is 10.1. The number of aromatic amines is 2. The number of nitrogens with one attached hydrogen (secondary N) is 2. The summed E-state index contributed by atoms with van der Waals surface area (Å²) in [6, 6.07) is 7.20. The van der Waals surface area contributed by atoms with Gasteiger partial charge in [0.05, 0.1) is 12.1 Å². The molecule has 0 spiro atoms. The van der Waals surface area contributed by atoms with E-state index < -0.39 is 12.1 Å². The number of halogens is 2. The molecule has 1 aliphatic heterocycles. The van der Waals surface area contributed by atoms with E-state index >= 15 is 0 Å². The van der Waals surface area contributed by atoms with Crippen molar-refractivity contribution in [1.29, 1.82) is 0 Å². The van der Waals surface area contributed by atoms with Crippen molar-refractivity contribution in [3.8, 4) is 5.75 Å². The van der Waals surface area contributed by atoms with Gasteiger partial charge in [-0.25, -0.2) is 13.6 Å². The van der Waals surface area contributed by atoms with Crippen LogP contribution >= 0.6 is 0 Å². The molecule has 7 nitrogen and oxygen atoms in total. The van der Waals surface area contributed by atoms with Gasteiger partial charge in [0, 0.05) is 43.7 Å². The van der Waals surface area contributed by atoms with Crippen LogP contribution in [0.2, 0.25) is 0 Å². The van der Waals surface area contributed by atoms with Crippen LogP contribution < -0.4 is 10.4 Å². The van der Waals surface area contributed by atoms with Gasteiger partial charge in [0.15, 0.2) is 0 Å².